The van der Waals surface area contributed by atoms with Crippen molar-refractivity contribution >= 4 is 23.3 Å². The first-order valence-corrected chi connectivity index (χ1v) is 15.5. The van der Waals surface area contributed by atoms with Crippen LogP contribution in [-0.4, -0.2) is 19.8 Å². The fourth-order valence-corrected chi connectivity index (χ4v) is 14.6. The van der Waals surface area contributed by atoms with E-state index in [1.54, 1.807) is 12.1 Å². The molecule has 0 amide bonds. The summed E-state index contributed by atoms with van der Waals surface area (Å²) in [5, 5.41) is 0. The Bertz CT molecular complexity index is 814. The summed E-state index contributed by atoms with van der Waals surface area (Å²) in [6.07, 6.45) is 0. The zero-order valence-electron chi connectivity index (χ0n) is 17.4. The molecule has 1 radical (unpaired) electrons. The Morgan fingerprint density at radius 1 is 0.607 bits per heavy atom. The average molecular weight is 480 g/mol. The summed E-state index contributed by atoms with van der Waals surface area (Å²) in [6, 6.07) is 29.0. The van der Waals surface area contributed by atoms with Crippen LogP contribution in [0.15, 0.2) is 84.9 Å². The van der Waals surface area contributed by atoms with Crippen molar-refractivity contribution in [3.63, 3.8) is 0 Å². The van der Waals surface area contributed by atoms with Gasteiger partial charge in [0, 0.05) is 0 Å². The fourth-order valence-electron chi connectivity index (χ4n) is 4.00. The van der Waals surface area contributed by atoms with Crippen molar-refractivity contribution < 1.29 is 4.39 Å². The molecular formula is C26H30FSn. The summed E-state index contributed by atoms with van der Waals surface area (Å²) in [5.41, 5.74) is 3.04. The van der Waals surface area contributed by atoms with Gasteiger partial charge in [0.05, 0.1) is 0 Å². The number of hydrogen-bond donors (Lipinski definition) is 0. The molecule has 0 heterocycles. The Morgan fingerprint density at radius 2 is 1.00 bits per heavy atom. The summed E-state index contributed by atoms with van der Waals surface area (Å²) in [7, 11) is 0. The van der Waals surface area contributed by atoms with Crippen LogP contribution in [0, 0.1) is 5.82 Å². The van der Waals surface area contributed by atoms with Crippen LogP contribution in [0.25, 0.3) is 0 Å². The fraction of sp³-hybridized carbons (Fsp3) is 0.308. The molecule has 0 saturated heterocycles. The molecule has 0 aliphatic rings. The Balaban J connectivity index is 1.92. The van der Waals surface area contributed by atoms with Gasteiger partial charge in [-0.25, -0.2) is 0 Å². The van der Waals surface area contributed by atoms with Gasteiger partial charge in [0.1, 0.15) is 0 Å². The summed E-state index contributed by atoms with van der Waals surface area (Å²) < 4.78 is 17.4. The monoisotopic (exact) mass is 481 g/mol. The third-order valence-corrected chi connectivity index (χ3v) is 16.4. The number of rotatable bonds is 7. The van der Waals surface area contributed by atoms with E-state index in [0.29, 0.717) is 0 Å². The second kappa shape index (κ2) is 8.82. The molecule has 3 aromatic rings. The summed E-state index contributed by atoms with van der Waals surface area (Å²) in [5.74, 6) is -0.142. The van der Waals surface area contributed by atoms with Crippen LogP contribution < -0.4 is 3.58 Å². The van der Waals surface area contributed by atoms with Crippen LogP contribution in [-0.2, 0) is 10.8 Å². The predicted octanol–water partition coefficient (Wildman–Crippen LogP) is 6.48. The van der Waals surface area contributed by atoms with Gasteiger partial charge < -0.3 is 0 Å². The number of hydrogen-bond acceptors (Lipinski definition) is 0. The molecule has 0 N–H and O–H groups in total. The van der Waals surface area contributed by atoms with Crippen LogP contribution in [0.3, 0.4) is 0 Å². The van der Waals surface area contributed by atoms with Crippen LogP contribution in [0.4, 0.5) is 4.39 Å². The second-order valence-corrected chi connectivity index (χ2v) is 16.1. The molecule has 3 aromatic carbocycles. The van der Waals surface area contributed by atoms with Gasteiger partial charge in [-0.1, -0.05) is 0 Å². The van der Waals surface area contributed by atoms with Crippen molar-refractivity contribution in [2.45, 2.75) is 47.4 Å². The van der Waals surface area contributed by atoms with Gasteiger partial charge in [-0.05, 0) is 0 Å². The molecule has 0 bridgehead atoms. The van der Waals surface area contributed by atoms with Crippen LogP contribution >= 0.6 is 0 Å². The van der Waals surface area contributed by atoms with Gasteiger partial charge in [0.2, 0.25) is 0 Å². The minimum absolute atomic E-state index is 0.122. The topological polar surface area (TPSA) is 0 Å². The second-order valence-electron chi connectivity index (χ2n) is 8.96. The van der Waals surface area contributed by atoms with E-state index >= 15 is 0 Å². The Hall–Kier alpha value is -1.61. The van der Waals surface area contributed by atoms with E-state index in [1.807, 2.05) is 12.1 Å². The van der Waals surface area contributed by atoms with E-state index < -0.39 is 19.8 Å². The van der Waals surface area contributed by atoms with Crippen molar-refractivity contribution in [3.05, 3.63) is 102 Å². The van der Waals surface area contributed by atoms with E-state index in [-0.39, 0.29) is 16.6 Å². The Morgan fingerprint density at radius 3 is 1.39 bits per heavy atom. The zero-order valence-corrected chi connectivity index (χ0v) is 20.2. The van der Waals surface area contributed by atoms with E-state index in [1.165, 1.54) is 23.6 Å². The molecule has 145 valence electrons. The Kier molecular flexibility index (Phi) is 6.65. The molecular weight excluding hydrogens is 450 g/mol. The van der Waals surface area contributed by atoms with Gasteiger partial charge >= 0.3 is 177 Å². The van der Waals surface area contributed by atoms with Crippen molar-refractivity contribution in [2.75, 3.05) is 0 Å². The first-order chi connectivity index (χ1) is 13.3. The summed E-state index contributed by atoms with van der Waals surface area (Å²) in [6.45, 7) is 9.45. The van der Waals surface area contributed by atoms with Crippen molar-refractivity contribution in [3.8, 4) is 0 Å². The molecule has 3 rings (SSSR count). The standard InChI is InChI=1S/2C10H13.C6H4F.Sn/c2*1-10(2,3)9-7-5-4-6-8-9;7-6-4-2-1-3-5-6;/h2*4-8H,1H2,2-3H3;2-5H;. The van der Waals surface area contributed by atoms with E-state index in [4.69, 9.17) is 0 Å². The van der Waals surface area contributed by atoms with E-state index in [0.717, 1.165) is 0 Å². The van der Waals surface area contributed by atoms with Crippen LogP contribution in [0.1, 0.15) is 38.8 Å². The zero-order chi connectivity index (χ0) is 20.2. The third-order valence-electron chi connectivity index (χ3n) is 5.67. The normalized spacial score (nSPS) is 12.4. The van der Waals surface area contributed by atoms with Crippen molar-refractivity contribution in [2.24, 2.45) is 0 Å². The molecule has 0 aromatic heterocycles. The van der Waals surface area contributed by atoms with Gasteiger partial charge in [0.15, 0.2) is 0 Å². The van der Waals surface area contributed by atoms with E-state index in [9.17, 15) is 4.39 Å². The molecule has 0 saturated carbocycles. The molecule has 28 heavy (non-hydrogen) atoms. The van der Waals surface area contributed by atoms with Crippen LogP contribution in [0.5, 0.6) is 0 Å². The van der Waals surface area contributed by atoms with Crippen LogP contribution in [0.2, 0.25) is 8.87 Å². The number of halogens is 1. The molecule has 0 unspecified atom stereocenters. The third kappa shape index (κ3) is 5.25. The predicted molar refractivity (Wildman–Crippen MR) is 120 cm³/mol. The summed E-state index contributed by atoms with van der Waals surface area (Å²) >= 11 is -2.08. The minimum atomic E-state index is -2.08. The first-order valence-electron chi connectivity index (χ1n) is 10.00. The molecule has 0 aliphatic carbocycles. The summed E-state index contributed by atoms with van der Waals surface area (Å²) in [4.78, 5) is 0. The average Bonchev–Trinajstić information content (AvgIpc) is 2.69. The van der Waals surface area contributed by atoms with Gasteiger partial charge in [0.25, 0.3) is 0 Å². The molecule has 0 atom stereocenters. The van der Waals surface area contributed by atoms with E-state index in [2.05, 4.69) is 88.4 Å². The SMILES string of the molecule is CC(C)([CH2][Sn]([CH2]C(C)(C)c1ccccc1)[c]1ccc(F)cc1)c1ccccc1. The van der Waals surface area contributed by atoms with Gasteiger partial charge in [-0.2, -0.15) is 0 Å². The van der Waals surface area contributed by atoms with Crippen molar-refractivity contribution in [1.29, 1.82) is 0 Å². The molecule has 0 spiro atoms. The Labute approximate surface area is 176 Å². The maximum atomic E-state index is 13.6. The van der Waals surface area contributed by atoms with Crippen molar-refractivity contribution in [1.82, 2.24) is 0 Å². The first kappa shape index (κ1) is 21.1. The van der Waals surface area contributed by atoms with Gasteiger partial charge in [-0.15, -0.1) is 0 Å². The molecule has 0 nitrogen and oxygen atoms in total. The quantitative estimate of drug-likeness (QED) is 0.340. The molecule has 0 aliphatic heterocycles. The number of benzene rings is 3. The maximum absolute atomic E-state index is 13.6. The molecule has 2 heteroatoms. The molecule has 0 fully saturated rings. The van der Waals surface area contributed by atoms with Gasteiger partial charge in [-0.3, -0.25) is 0 Å².